The van der Waals surface area contributed by atoms with Crippen LogP contribution in [0.5, 0.6) is 0 Å². The van der Waals surface area contributed by atoms with Gasteiger partial charge in [-0.05, 0) is 48.2 Å². The van der Waals surface area contributed by atoms with E-state index in [9.17, 15) is 4.79 Å². The number of thioether (sulfide) groups is 1. The highest BCUT2D eigenvalue weighted by atomic mass is 32.2. The molecule has 1 saturated heterocycles. The first-order valence-electron chi connectivity index (χ1n) is 9.27. The van der Waals surface area contributed by atoms with Crippen molar-refractivity contribution in [3.05, 3.63) is 59.2 Å². The summed E-state index contributed by atoms with van der Waals surface area (Å²) in [5.74, 6) is 2.38. The van der Waals surface area contributed by atoms with Gasteiger partial charge in [-0.1, -0.05) is 24.3 Å². The van der Waals surface area contributed by atoms with E-state index in [1.807, 2.05) is 28.8 Å². The van der Waals surface area contributed by atoms with Gasteiger partial charge in [0.15, 0.2) is 0 Å². The lowest BCUT2D eigenvalue weighted by molar-refractivity contribution is 0.206. The third-order valence-corrected chi connectivity index (χ3v) is 6.19. The van der Waals surface area contributed by atoms with Crippen LogP contribution in [-0.2, 0) is 13.0 Å². The van der Waals surface area contributed by atoms with Crippen LogP contribution in [0.2, 0.25) is 0 Å². The number of hydrogen-bond donors (Lipinski definition) is 1. The first kappa shape index (κ1) is 17.3. The van der Waals surface area contributed by atoms with Crippen LogP contribution in [0.3, 0.4) is 0 Å². The second kappa shape index (κ2) is 7.62. The molecule has 4 nitrogen and oxygen atoms in total. The molecule has 2 aliphatic rings. The molecule has 0 atom stereocenters. The van der Waals surface area contributed by atoms with Crippen molar-refractivity contribution in [2.24, 2.45) is 0 Å². The van der Waals surface area contributed by atoms with E-state index < -0.39 is 0 Å². The minimum atomic E-state index is -0.00951. The quantitative estimate of drug-likeness (QED) is 0.867. The highest BCUT2D eigenvalue weighted by Gasteiger charge is 2.21. The minimum Gasteiger partial charge on any atom is -0.370 e. The van der Waals surface area contributed by atoms with Gasteiger partial charge in [0.1, 0.15) is 0 Å². The monoisotopic (exact) mass is 367 g/mol. The van der Waals surface area contributed by atoms with Crippen LogP contribution < -0.4 is 10.2 Å². The summed E-state index contributed by atoms with van der Waals surface area (Å²) in [6, 6.07) is 14.7. The van der Waals surface area contributed by atoms with E-state index in [0.29, 0.717) is 6.54 Å². The largest absolute Gasteiger partial charge is 0.370 e. The van der Waals surface area contributed by atoms with Crippen LogP contribution in [0.1, 0.15) is 16.7 Å². The van der Waals surface area contributed by atoms with Crippen molar-refractivity contribution >= 4 is 29.2 Å². The molecule has 26 heavy (non-hydrogen) atoms. The fourth-order valence-corrected chi connectivity index (χ4v) is 4.57. The molecule has 4 rings (SSSR count). The number of amides is 2. The van der Waals surface area contributed by atoms with Gasteiger partial charge in [-0.25, -0.2) is 4.79 Å². The van der Waals surface area contributed by atoms with Gasteiger partial charge in [0.05, 0.1) is 0 Å². The van der Waals surface area contributed by atoms with Crippen LogP contribution in [0.25, 0.3) is 0 Å². The van der Waals surface area contributed by atoms with Gasteiger partial charge in [-0.15, -0.1) is 0 Å². The SMILES string of the molecule is Cc1cc(N2CCSCC2)ccc1NC(=O)N1CCc2ccccc2C1. The van der Waals surface area contributed by atoms with Crippen molar-refractivity contribution < 1.29 is 4.79 Å². The van der Waals surface area contributed by atoms with Crippen molar-refractivity contribution in [2.75, 3.05) is 41.4 Å². The van der Waals surface area contributed by atoms with E-state index in [2.05, 4.69) is 47.5 Å². The third kappa shape index (κ3) is 3.68. The molecule has 2 aromatic carbocycles. The van der Waals surface area contributed by atoms with E-state index in [4.69, 9.17) is 0 Å². The fourth-order valence-electron chi connectivity index (χ4n) is 3.67. The summed E-state index contributed by atoms with van der Waals surface area (Å²) in [5.41, 5.74) is 5.89. The van der Waals surface area contributed by atoms with E-state index in [1.165, 1.54) is 28.3 Å². The van der Waals surface area contributed by atoms with Gasteiger partial charge in [0, 0.05) is 49.1 Å². The summed E-state index contributed by atoms with van der Waals surface area (Å²) in [7, 11) is 0. The van der Waals surface area contributed by atoms with Crippen molar-refractivity contribution in [2.45, 2.75) is 19.9 Å². The standard InChI is InChI=1S/C21H25N3OS/c1-16-14-19(23-10-12-26-13-11-23)6-7-20(16)22-21(25)24-9-8-17-4-2-3-5-18(17)15-24/h2-7,14H,8-13,15H2,1H3,(H,22,25). The lowest BCUT2D eigenvalue weighted by atomic mass is 10.0. The molecule has 0 saturated carbocycles. The van der Waals surface area contributed by atoms with E-state index in [0.717, 1.165) is 37.3 Å². The second-order valence-electron chi connectivity index (χ2n) is 6.97. The number of aryl methyl sites for hydroxylation is 1. The maximum absolute atomic E-state index is 12.7. The Balaban J connectivity index is 1.43. The Morgan fingerprint density at radius 3 is 2.58 bits per heavy atom. The van der Waals surface area contributed by atoms with Gasteiger partial charge >= 0.3 is 6.03 Å². The molecular formula is C21H25N3OS. The normalized spacial score (nSPS) is 17.0. The number of nitrogens with zero attached hydrogens (tertiary/aromatic N) is 2. The molecule has 0 radical (unpaired) electrons. The Morgan fingerprint density at radius 2 is 1.81 bits per heavy atom. The average Bonchev–Trinajstić information content (AvgIpc) is 2.69. The zero-order valence-corrected chi connectivity index (χ0v) is 16.0. The summed E-state index contributed by atoms with van der Waals surface area (Å²) < 4.78 is 0. The molecule has 1 fully saturated rings. The molecule has 5 heteroatoms. The van der Waals surface area contributed by atoms with Crippen molar-refractivity contribution in [1.29, 1.82) is 0 Å². The molecule has 2 aliphatic heterocycles. The van der Waals surface area contributed by atoms with Gasteiger partial charge in [-0.3, -0.25) is 0 Å². The summed E-state index contributed by atoms with van der Waals surface area (Å²) in [4.78, 5) is 17.0. The zero-order valence-electron chi connectivity index (χ0n) is 15.2. The second-order valence-corrected chi connectivity index (χ2v) is 8.19. The van der Waals surface area contributed by atoms with Crippen LogP contribution >= 0.6 is 11.8 Å². The minimum absolute atomic E-state index is 0.00951. The van der Waals surface area contributed by atoms with E-state index >= 15 is 0 Å². The maximum atomic E-state index is 12.7. The lowest BCUT2D eigenvalue weighted by Gasteiger charge is -2.30. The number of nitrogens with one attached hydrogen (secondary N) is 1. The van der Waals surface area contributed by atoms with Gasteiger partial charge < -0.3 is 15.1 Å². The zero-order chi connectivity index (χ0) is 17.9. The molecule has 136 valence electrons. The number of fused-ring (bicyclic) bond motifs is 1. The number of urea groups is 1. The number of anilines is 2. The summed E-state index contributed by atoms with van der Waals surface area (Å²) in [6.07, 6.45) is 0.925. The van der Waals surface area contributed by atoms with Crippen LogP contribution in [0.4, 0.5) is 16.2 Å². The third-order valence-electron chi connectivity index (χ3n) is 5.25. The van der Waals surface area contributed by atoms with Gasteiger partial charge in [0.25, 0.3) is 0 Å². The van der Waals surface area contributed by atoms with Crippen LogP contribution in [0, 0.1) is 6.92 Å². The Labute approximate surface area is 159 Å². The molecule has 0 aromatic heterocycles. The Hall–Kier alpha value is -2.14. The molecule has 1 N–H and O–H groups in total. The summed E-state index contributed by atoms with van der Waals surface area (Å²) in [6.45, 7) is 5.73. The molecule has 0 unspecified atom stereocenters. The number of rotatable bonds is 2. The Morgan fingerprint density at radius 1 is 1.04 bits per heavy atom. The van der Waals surface area contributed by atoms with Gasteiger partial charge in [0.2, 0.25) is 0 Å². The summed E-state index contributed by atoms with van der Waals surface area (Å²) in [5, 5.41) is 3.11. The number of carbonyl (C=O) groups excluding carboxylic acids is 1. The Kier molecular flexibility index (Phi) is 5.07. The predicted octanol–water partition coefficient (Wildman–Crippen LogP) is 4.14. The van der Waals surface area contributed by atoms with Crippen LogP contribution in [-0.4, -0.2) is 42.1 Å². The topological polar surface area (TPSA) is 35.6 Å². The van der Waals surface area contributed by atoms with Crippen molar-refractivity contribution in [1.82, 2.24) is 4.90 Å². The molecule has 2 amide bonds. The van der Waals surface area contributed by atoms with Gasteiger partial charge in [-0.2, -0.15) is 11.8 Å². The molecule has 0 bridgehead atoms. The lowest BCUT2D eigenvalue weighted by Crippen LogP contribution is -2.39. The highest BCUT2D eigenvalue weighted by Crippen LogP contribution is 2.26. The molecule has 0 aliphatic carbocycles. The number of hydrogen-bond acceptors (Lipinski definition) is 3. The molecular weight excluding hydrogens is 342 g/mol. The Bertz CT molecular complexity index is 802. The van der Waals surface area contributed by atoms with E-state index in [1.54, 1.807) is 0 Å². The maximum Gasteiger partial charge on any atom is 0.322 e. The molecule has 2 aromatic rings. The number of carbonyl (C=O) groups is 1. The van der Waals surface area contributed by atoms with Crippen molar-refractivity contribution in [3.8, 4) is 0 Å². The first-order chi connectivity index (χ1) is 12.7. The molecule has 2 heterocycles. The highest BCUT2D eigenvalue weighted by molar-refractivity contribution is 7.99. The first-order valence-corrected chi connectivity index (χ1v) is 10.4. The fraction of sp³-hybridized carbons (Fsp3) is 0.381. The summed E-state index contributed by atoms with van der Waals surface area (Å²) >= 11 is 2.02. The van der Waals surface area contributed by atoms with Crippen LogP contribution in [0.15, 0.2) is 42.5 Å². The van der Waals surface area contributed by atoms with Crippen molar-refractivity contribution in [3.63, 3.8) is 0 Å². The molecule has 0 spiro atoms. The average molecular weight is 368 g/mol. The number of benzene rings is 2. The predicted molar refractivity (Wildman–Crippen MR) is 110 cm³/mol. The smallest absolute Gasteiger partial charge is 0.322 e. The van der Waals surface area contributed by atoms with E-state index in [-0.39, 0.29) is 6.03 Å².